The fraction of sp³-hybridized carbons (Fsp3) is 0.167. The van der Waals surface area contributed by atoms with Crippen molar-refractivity contribution in [1.29, 1.82) is 0 Å². The molecule has 2 aromatic carbocycles. The highest BCUT2D eigenvalue weighted by Gasteiger charge is 2.13. The Hall–Kier alpha value is -3.15. The topological polar surface area (TPSA) is 68.8 Å². The predicted octanol–water partition coefficient (Wildman–Crippen LogP) is 2.89. The fourth-order valence-electron chi connectivity index (χ4n) is 2.24. The molecule has 1 aliphatic rings. The molecule has 124 valence electrons. The van der Waals surface area contributed by atoms with E-state index in [1.165, 1.54) is 0 Å². The van der Waals surface area contributed by atoms with Crippen molar-refractivity contribution >= 4 is 12.1 Å². The number of ether oxygens (including phenoxy) is 3. The lowest BCUT2D eigenvalue weighted by Crippen LogP contribution is -2.31. The number of methoxy groups -OCH3 is 1. The van der Waals surface area contributed by atoms with Gasteiger partial charge in [-0.25, -0.2) is 4.79 Å². The second kappa shape index (κ2) is 7.41. The van der Waals surface area contributed by atoms with Crippen LogP contribution in [0.2, 0.25) is 0 Å². The largest absolute Gasteiger partial charge is 0.497 e. The third-order valence-electron chi connectivity index (χ3n) is 3.47. The maximum absolute atomic E-state index is 11.8. The Balaban J connectivity index is 1.48. The van der Waals surface area contributed by atoms with E-state index in [1.807, 2.05) is 42.5 Å². The highest BCUT2D eigenvalue weighted by Crippen LogP contribution is 2.32. The summed E-state index contributed by atoms with van der Waals surface area (Å²) in [6, 6.07) is 12.8. The molecule has 0 spiro atoms. The maximum atomic E-state index is 11.8. The Bertz CT molecular complexity index is 758. The molecule has 0 saturated heterocycles. The molecule has 0 unspecified atom stereocenters. The summed E-state index contributed by atoms with van der Waals surface area (Å²) >= 11 is 0. The zero-order valence-electron chi connectivity index (χ0n) is 13.2. The molecule has 0 fully saturated rings. The van der Waals surface area contributed by atoms with Gasteiger partial charge in [0.15, 0.2) is 11.5 Å². The molecule has 1 aliphatic heterocycles. The normalized spacial score (nSPS) is 12.2. The van der Waals surface area contributed by atoms with Gasteiger partial charge in [-0.3, -0.25) is 0 Å². The fourth-order valence-corrected chi connectivity index (χ4v) is 2.24. The third-order valence-corrected chi connectivity index (χ3v) is 3.47. The van der Waals surface area contributed by atoms with Crippen molar-refractivity contribution in [2.24, 2.45) is 0 Å². The average molecular weight is 326 g/mol. The van der Waals surface area contributed by atoms with E-state index in [1.54, 1.807) is 19.4 Å². The summed E-state index contributed by atoms with van der Waals surface area (Å²) in [7, 11) is 1.62. The highest BCUT2D eigenvalue weighted by atomic mass is 16.7. The Kier molecular flexibility index (Phi) is 4.86. The van der Waals surface area contributed by atoms with Crippen LogP contribution in [0.1, 0.15) is 11.1 Å². The monoisotopic (exact) mass is 326 g/mol. The zero-order chi connectivity index (χ0) is 16.8. The van der Waals surface area contributed by atoms with Crippen LogP contribution in [0.4, 0.5) is 4.79 Å². The van der Waals surface area contributed by atoms with Gasteiger partial charge in [-0.05, 0) is 41.5 Å². The first kappa shape index (κ1) is 15.7. The molecule has 2 aromatic rings. The molecule has 0 atom stereocenters. The number of hydrogen-bond acceptors (Lipinski definition) is 4. The SMILES string of the molecule is COc1cccc(/C=C/NC(=O)NCc2ccc3c(c2)OCO3)c1. The van der Waals surface area contributed by atoms with Crippen molar-refractivity contribution in [3.8, 4) is 17.2 Å². The molecule has 0 radical (unpaired) electrons. The Morgan fingerprint density at radius 1 is 1.21 bits per heavy atom. The Morgan fingerprint density at radius 3 is 2.96 bits per heavy atom. The van der Waals surface area contributed by atoms with Gasteiger partial charge < -0.3 is 24.8 Å². The summed E-state index contributed by atoms with van der Waals surface area (Å²) in [5, 5.41) is 5.44. The highest BCUT2D eigenvalue weighted by molar-refractivity contribution is 5.76. The molecular weight excluding hydrogens is 308 g/mol. The van der Waals surface area contributed by atoms with Gasteiger partial charge >= 0.3 is 6.03 Å². The van der Waals surface area contributed by atoms with Crippen LogP contribution in [-0.2, 0) is 6.54 Å². The molecule has 0 bridgehead atoms. The van der Waals surface area contributed by atoms with Gasteiger partial charge in [-0.1, -0.05) is 18.2 Å². The number of hydrogen-bond donors (Lipinski definition) is 2. The van der Waals surface area contributed by atoms with Crippen LogP contribution in [0, 0.1) is 0 Å². The van der Waals surface area contributed by atoms with Crippen molar-refractivity contribution in [1.82, 2.24) is 10.6 Å². The lowest BCUT2D eigenvalue weighted by atomic mass is 10.2. The van der Waals surface area contributed by atoms with Crippen LogP contribution in [0.5, 0.6) is 17.2 Å². The van der Waals surface area contributed by atoms with Gasteiger partial charge in [0.05, 0.1) is 7.11 Å². The van der Waals surface area contributed by atoms with Gasteiger partial charge in [0.1, 0.15) is 5.75 Å². The minimum atomic E-state index is -0.285. The minimum absolute atomic E-state index is 0.238. The second-order valence-electron chi connectivity index (χ2n) is 5.12. The number of amides is 2. The average Bonchev–Trinajstić information content (AvgIpc) is 3.08. The van der Waals surface area contributed by atoms with Gasteiger partial charge in [-0.15, -0.1) is 0 Å². The summed E-state index contributed by atoms with van der Waals surface area (Å²) in [5.74, 6) is 2.20. The summed E-state index contributed by atoms with van der Waals surface area (Å²) in [4.78, 5) is 11.8. The molecule has 0 aromatic heterocycles. The van der Waals surface area contributed by atoms with Crippen LogP contribution in [0.15, 0.2) is 48.7 Å². The number of nitrogens with one attached hydrogen (secondary N) is 2. The van der Waals surface area contributed by atoms with E-state index in [-0.39, 0.29) is 12.8 Å². The van der Waals surface area contributed by atoms with E-state index in [2.05, 4.69) is 10.6 Å². The maximum Gasteiger partial charge on any atom is 0.319 e. The van der Waals surface area contributed by atoms with Crippen molar-refractivity contribution in [2.45, 2.75) is 6.54 Å². The van der Waals surface area contributed by atoms with Crippen LogP contribution < -0.4 is 24.8 Å². The lowest BCUT2D eigenvalue weighted by molar-refractivity contribution is 0.174. The molecule has 0 aliphatic carbocycles. The van der Waals surface area contributed by atoms with Gasteiger partial charge in [-0.2, -0.15) is 0 Å². The molecule has 3 rings (SSSR count). The number of benzene rings is 2. The smallest absolute Gasteiger partial charge is 0.319 e. The van der Waals surface area contributed by atoms with Gasteiger partial charge in [0.25, 0.3) is 0 Å². The van der Waals surface area contributed by atoms with Crippen molar-refractivity contribution in [3.63, 3.8) is 0 Å². The number of carbonyl (C=O) groups excluding carboxylic acids is 1. The second-order valence-corrected chi connectivity index (χ2v) is 5.12. The summed E-state index contributed by atoms with van der Waals surface area (Å²) in [5.41, 5.74) is 1.87. The van der Waals surface area contributed by atoms with Crippen molar-refractivity contribution < 1.29 is 19.0 Å². The lowest BCUT2D eigenvalue weighted by Gasteiger charge is -2.06. The van der Waals surface area contributed by atoms with Gasteiger partial charge in [0.2, 0.25) is 6.79 Å². The zero-order valence-corrected chi connectivity index (χ0v) is 13.2. The first-order chi connectivity index (χ1) is 11.7. The number of carbonyl (C=O) groups is 1. The van der Waals surface area contributed by atoms with Crippen LogP contribution in [-0.4, -0.2) is 19.9 Å². The number of fused-ring (bicyclic) bond motifs is 1. The summed E-state index contributed by atoms with van der Waals surface area (Å²) in [6.45, 7) is 0.636. The number of urea groups is 1. The van der Waals surface area contributed by atoms with E-state index >= 15 is 0 Å². The standard InChI is InChI=1S/C18H18N2O4/c1-22-15-4-2-3-13(9-15)7-8-19-18(21)20-11-14-5-6-16-17(10-14)24-12-23-16/h2-10H,11-12H2,1H3,(H2,19,20,21)/b8-7+. The van der Waals surface area contributed by atoms with E-state index in [0.29, 0.717) is 12.3 Å². The molecule has 1 heterocycles. The molecule has 2 N–H and O–H groups in total. The van der Waals surface area contributed by atoms with Crippen LogP contribution in [0.25, 0.3) is 6.08 Å². The molecule has 6 heteroatoms. The first-order valence-corrected chi connectivity index (χ1v) is 7.48. The van der Waals surface area contributed by atoms with Crippen LogP contribution in [0.3, 0.4) is 0 Å². The van der Waals surface area contributed by atoms with Crippen molar-refractivity contribution in [3.05, 3.63) is 59.8 Å². The van der Waals surface area contributed by atoms with Gasteiger partial charge in [0, 0.05) is 12.7 Å². The summed E-state index contributed by atoms with van der Waals surface area (Å²) < 4.78 is 15.7. The van der Waals surface area contributed by atoms with Crippen molar-refractivity contribution in [2.75, 3.05) is 13.9 Å². The minimum Gasteiger partial charge on any atom is -0.497 e. The Labute approximate surface area is 140 Å². The molecular formula is C18H18N2O4. The molecule has 24 heavy (non-hydrogen) atoms. The number of rotatable bonds is 5. The molecule has 2 amide bonds. The predicted molar refractivity (Wildman–Crippen MR) is 90.0 cm³/mol. The molecule has 6 nitrogen and oxygen atoms in total. The van der Waals surface area contributed by atoms with E-state index < -0.39 is 0 Å². The third kappa shape index (κ3) is 3.98. The van der Waals surface area contributed by atoms with E-state index in [4.69, 9.17) is 14.2 Å². The molecule has 0 saturated carbocycles. The van der Waals surface area contributed by atoms with E-state index in [0.717, 1.165) is 22.6 Å². The van der Waals surface area contributed by atoms with Crippen LogP contribution >= 0.6 is 0 Å². The van der Waals surface area contributed by atoms with E-state index in [9.17, 15) is 4.79 Å². The Morgan fingerprint density at radius 2 is 2.08 bits per heavy atom. The first-order valence-electron chi connectivity index (χ1n) is 7.48. The summed E-state index contributed by atoms with van der Waals surface area (Å²) in [6.07, 6.45) is 3.38. The quantitative estimate of drug-likeness (QED) is 0.886.